The van der Waals surface area contributed by atoms with E-state index in [2.05, 4.69) is 15.6 Å². The summed E-state index contributed by atoms with van der Waals surface area (Å²) in [4.78, 5) is 42.5. The highest BCUT2D eigenvalue weighted by atomic mass is 16.5. The zero-order chi connectivity index (χ0) is 21.4. The number of amides is 4. The van der Waals surface area contributed by atoms with E-state index in [9.17, 15) is 14.4 Å². The topological polar surface area (TPSA) is 104 Å². The molecule has 4 amide bonds. The third-order valence-electron chi connectivity index (χ3n) is 5.95. The molecule has 1 fully saturated rings. The molecule has 8 heteroatoms. The predicted molar refractivity (Wildman–Crippen MR) is 113 cm³/mol. The van der Waals surface area contributed by atoms with Gasteiger partial charge in [0.05, 0.1) is 6.61 Å². The molecule has 3 N–H and O–H groups in total. The number of hydrogen-bond acceptors (Lipinski definition) is 4. The molecule has 0 bridgehead atoms. The largest absolute Gasteiger partial charge is 0.493 e. The summed E-state index contributed by atoms with van der Waals surface area (Å²) in [6, 6.07) is 14.6. The number of nitrogens with one attached hydrogen (secondary N) is 3. The van der Waals surface area contributed by atoms with Crippen molar-refractivity contribution in [3.8, 4) is 5.75 Å². The van der Waals surface area contributed by atoms with Crippen LogP contribution in [0.15, 0.2) is 54.7 Å². The van der Waals surface area contributed by atoms with Crippen molar-refractivity contribution in [2.75, 3.05) is 19.7 Å². The molecule has 0 aliphatic carbocycles. The zero-order valence-electron chi connectivity index (χ0n) is 16.8. The SMILES string of the molecule is O=C(CN1C(=O)N[C@]2(CCOc3ccccc32)C1=O)NCCc1c[nH]c2ccccc12. The van der Waals surface area contributed by atoms with E-state index in [0.29, 0.717) is 37.3 Å². The lowest BCUT2D eigenvalue weighted by Gasteiger charge is -2.33. The van der Waals surface area contributed by atoms with E-state index in [-0.39, 0.29) is 12.5 Å². The second kappa shape index (κ2) is 7.46. The molecular weight excluding hydrogens is 396 g/mol. The van der Waals surface area contributed by atoms with Gasteiger partial charge in [-0.3, -0.25) is 14.5 Å². The Bertz CT molecular complexity index is 1190. The fourth-order valence-electron chi connectivity index (χ4n) is 4.39. The van der Waals surface area contributed by atoms with Gasteiger partial charge in [-0.1, -0.05) is 36.4 Å². The van der Waals surface area contributed by atoms with E-state index in [1.54, 1.807) is 18.2 Å². The van der Waals surface area contributed by atoms with Crippen molar-refractivity contribution in [2.24, 2.45) is 0 Å². The van der Waals surface area contributed by atoms with E-state index in [0.717, 1.165) is 21.4 Å². The molecule has 3 heterocycles. The number of aromatic amines is 1. The van der Waals surface area contributed by atoms with Gasteiger partial charge in [-0.15, -0.1) is 0 Å². The maximum absolute atomic E-state index is 13.2. The van der Waals surface area contributed by atoms with Gasteiger partial charge in [-0.25, -0.2) is 4.79 Å². The molecule has 31 heavy (non-hydrogen) atoms. The smallest absolute Gasteiger partial charge is 0.325 e. The molecule has 8 nitrogen and oxygen atoms in total. The van der Waals surface area contributed by atoms with Crippen LogP contribution in [0, 0.1) is 0 Å². The zero-order valence-corrected chi connectivity index (χ0v) is 16.8. The van der Waals surface area contributed by atoms with E-state index in [4.69, 9.17) is 4.74 Å². The number of fused-ring (bicyclic) bond motifs is 3. The summed E-state index contributed by atoms with van der Waals surface area (Å²) in [6.07, 6.45) is 2.90. The molecular formula is C23H22N4O4. The lowest BCUT2D eigenvalue weighted by atomic mass is 9.84. The fourth-order valence-corrected chi connectivity index (χ4v) is 4.39. The lowest BCUT2D eigenvalue weighted by Crippen LogP contribution is -2.48. The van der Waals surface area contributed by atoms with Crippen LogP contribution in [0.25, 0.3) is 10.9 Å². The highest BCUT2D eigenvalue weighted by Gasteiger charge is 2.55. The molecule has 158 valence electrons. The van der Waals surface area contributed by atoms with Gasteiger partial charge in [0.15, 0.2) is 5.54 Å². The number of hydrogen-bond donors (Lipinski definition) is 3. The van der Waals surface area contributed by atoms with Gasteiger partial charge >= 0.3 is 6.03 Å². The van der Waals surface area contributed by atoms with Crippen LogP contribution in [-0.2, 0) is 21.5 Å². The molecule has 0 unspecified atom stereocenters. The van der Waals surface area contributed by atoms with Crippen molar-refractivity contribution in [2.45, 2.75) is 18.4 Å². The Hall–Kier alpha value is -3.81. The van der Waals surface area contributed by atoms with Crippen molar-refractivity contribution < 1.29 is 19.1 Å². The Morgan fingerprint density at radius 3 is 2.84 bits per heavy atom. The second-order valence-electron chi connectivity index (χ2n) is 7.78. The Balaban J connectivity index is 1.24. The van der Waals surface area contributed by atoms with Gasteiger partial charge in [0.2, 0.25) is 5.91 Å². The molecule has 2 aliphatic heterocycles. The van der Waals surface area contributed by atoms with Crippen LogP contribution >= 0.6 is 0 Å². The Kier molecular flexibility index (Phi) is 4.62. The fraction of sp³-hybridized carbons (Fsp3) is 0.261. The maximum atomic E-state index is 13.2. The minimum absolute atomic E-state index is 0.313. The summed E-state index contributed by atoms with van der Waals surface area (Å²) < 4.78 is 5.63. The normalized spacial score (nSPS) is 19.9. The Morgan fingerprint density at radius 2 is 1.94 bits per heavy atom. The lowest BCUT2D eigenvalue weighted by molar-refractivity contribution is -0.136. The van der Waals surface area contributed by atoms with Crippen LogP contribution in [0.5, 0.6) is 5.75 Å². The molecule has 1 aromatic heterocycles. The minimum Gasteiger partial charge on any atom is -0.493 e. The highest BCUT2D eigenvalue weighted by molar-refractivity contribution is 6.09. The summed E-state index contributed by atoms with van der Waals surface area (Å²) in [5, 5.41) is 6.73. The summed E-state index contributed by atoms with van der Waals surface area (Å²) >= 11 is 0. The van der Waals surface area contributed by atoms with Gasteiger partial charge in [-0.05, 0) is 24.1 Å². The van der Waals surface area contributed by atoms with Gasteiger partial charge < -0.3 is 20.4 Å². The van der Waals surface area contributed by atoms with Crippen molar-refractivity contribution >= 4 is 28.7 Å². The van der Waals surface area contributed by atoms with Crippen molar-refractivity contribution in [1.29, 1.82) is 0 Å². The van der Waals surface area contributed by atoms with Crippen molar-refractivity contribution in [1.82, 2.24) is 20.5 Å². The Labute approximate surface area is 178 Å². The number of para-hydroxylation sites is 2. The van der Waals surface area contributed by atoms with Gasteiger partial charge in [-0.2, -0.15) is 0 Å². The molecule has 0 radical (unpaired) electrons. The quantitative estimate of drug-likeness (QED) is 0.552. The molecule has 1 spiro atoms. The first-order valence-corrected chi connectivity index (χ1v) is 10.3. The van der Waals surface area contributed by atoms with Crippen LogP contribution in [0.3, 0.4) is 0 Å². The van der Waals surface area contributed by atoms with Crippen LogP contribution in [-0.4, -0.2) is 47.4 Å². The molecule has 2 aromatic carbocycles. The summed E-state index contributed by atoms with van der Waals surface area (Å²) in [5.41, 5.74) is 1.60. The summed E-state index contributed by atoms with van der Waals surface area (Å²) in [7, 11) is 0. The third kappa shape index (κ3) is 3.20. The van der Waals surface area contributed by atoms with Crippen LogP contribution in [0.4, 0.5) is 4.79 Å². The third-order valence-corrected chi connectivity index (χ3v) is 5.95. The predicted octanol–water partition coefficient (Wildman–Crippen LogP) is 2.06. The Morgan fingerprint density at radius 1 is 1.13 bits per heavy atom. The van der Waals surface area contributed by atoms with Gasteiger partial charge in [0.25, 0.3) is 5.91 Å². The average molecular weight is 418 g/mol. The van der Waals surface area contributed by atoms with Crippen LogP contribution < -0.4 is 15.4 Å². The number of carbonyl (C=O) groups is 3. The van der Waals surface area contributed by atoms with E-state index >= 15 is 0 Å². The maximum Gasteiger partial charge on any atom is 0.325 e. The number of ether oxygens (including phenoxy) is 1. The van der Waals surface area contributed by atoms with Gasteiger partial charge in [0.1, 0.15) is 12.3 Å². The minimum atomic E-state index is -1.17. The summed E-state index contributed by atoms with van der Waals surface area (Å²) in [5.74, 6) is -0.215. The van der Waals surface area contributed by atoms with E-state index in [1.165, 1.54) is 0 Å². The first kappa shape index (κ1) is 19.2. The standard InChI is InChI=1S/C23H22N4O4/c28-20(24-11-9-15-13-25-18-7-3-1-5-16(15)18)14-27-21(29)23(26-22(27)30)10-12-31-19-8-4-2-6-17(19)23/h1-8,13,25H,9-12,14H2,(H,24,28)(H,26,30)/t23-/m0/s1. The number of aromatic nitrogens is 1. The second-order valence-corrected chi connectivity index (χ2v) is 7.78. The number of imide groups is 1. The molecule has 3 aromatic rings. The van der Waals surface area contributed by atoms with Crippen LogP contribution in [0.2, 0.25) is 0 Å². The van der Waals surface area contributed by atoms with Crippen molar-refractivity contribution in [3.05, 3.63) is 65.9 Å². The number of rotatable bonds is 5. The molecule has 1 atom stereocenters. The first-order valence-electron chi connectivity index (χ1n) is 10.3. The van der Waals surface area contributed by atoms with Gasteiger partial charge in [0, 0.05) is 35.6 Å². The van der Waals surface area contributed by atoms with E-state index < -0.39 is 17.5 Å². The monoisotopic (exact) mass is 418 g/mol. The molecule has 0 saturated carbocycles. The van der Waals surface area contributed by atoms with Crippen LogP contribution in [0.1, 0.15) is 17.5 Å². The number of H-pyrrole nitrogens is 1. The van der Waals surface area contributed by atoms with Crippen molar-refractivity contribution in [3.63, 3.8) is 0 Å². The number of benzene rings is 2. The molecule has 5 rings (SSSR count). The highest BCUT2D eigenvalue weighted by Crippen LogP contribution is 2.40. The molecule has 1 saturated heterocycles. The molecule has 2 aliphatic rings. The number of urea groups is 1. The number of nitrogens with zero attached hydrogens (tertiary/aromatic N) is 1. The average Bonchev–Trinajstić information content (AvgIpc) is 3.29. The van der Waals surface area contributed by atoms with E-state index in [1.807, 2.05) is 36.5 Å². The number of carbonyl (C=O) groups excluding carboxylic acids is 3. The first-order chi connectivity index (χ1) is 15.1. The summed E-state index contributed by atoms with van der Waals surface area (Å²) in [6.45, 7) is 0.406.